The van der Waals surface area contributed by atoms with Crippen LogP contribution >= 0.6 is 0 Å². The fraction of sp³-hybridized carbons (Fsp3) is 0. The van der Waals surface area contributed by atoms with Crippen molar-refractivity contribution >= 4 is 11.7 Å². The number of carboxylic acid groups (broad SMARTS) is 1. The minimum absolute atomic E-state index is 0.00519. The molecule has 6 nitrogen and oxygen atoms in total. The molecule has 0 amide bonds. The molecule has 0 aliphatic rings. The lowest BCUT2D eigenvalue weighted by Crippen LogP contribution is -2.01. The zero-order valence-electron chi connectivity index (χ0n) is 9.91. The summed E-state index contributed by atoms with van der Waals surface area (Å²) >= 11 is 0. The van der Waals surface area contributed by atoms with Crippen LogP contribution in [0.3, 0.4) is 0 Å². The first kappa shape index (κ1) is 13.5. The van der Waals surface area contributed by atoms with Crippen LogP contribution in [0, 0.1) is 15.9 Å². The van der Waals surface area contributed by atoms with E-state index in [1.807, 2.05) is 0 Å². The molecule has 0 atom stereocenters. The quantitative estimate of drug-likeness (QED) is 0.663. The number of hydrogen-bond acceptors (Lipinski definition) is 4. The molecule has 0 saturated heterocycles. The molecule has 0 aromatic heterocycles. The monoisotopic (exact) mass is 277 g/mol. The molecule has 0 heterocycles. The van der Waals surface area contributed by atoms with Gasteiger partial charge in [-0.15, -0.1) is 0 Å². The molecule has 102 valence electrons. The van der Waals surface area contributed by atoms with Crippen molar-refractivity contribution in [2.24, 2.45) is 0 Å². The van der Waals surface area contributed by atoms with E-state index < -0.39 is 22.5 Å². The molecule has 0 aliphatic carbocycles. The van der Waals surface area contributed by atoms with E-state index in [2.05, 4.69) is 0 Å². The predicted molar refractivity (Wildman–Crippen MR) is 67.1 cm³/mol. The van der Waals surface area contributed by atoms with Crippen LogP contribution in [0.5, 0.6) is 5.75 Å². The van der Waals surface area contributed by atoms with E-state index in [0.717, 1.165) is 30.3 Å². The van der Waals surface area contributed by atoms with Crippen molar-refractivity contribution in [3.8, 4) is 16.9 Å². The van der Waals surface area contributed by atoms with Crippen molar-refractivity contribution in [2.45, 2.75) is 0 Å². The van der Waals surface area contributed by atoms with Gasteiger partial charge in [-0.05, 0) is 23.8 Å². The van der Waals surface area contributed by atoms with E-state index in [0.29, 0.717) is 0 Å². The minimum atomic E-state index is -1.29. The maximum absolute atomic E-state index is 13.3. The lowest BCUT2D eigenvalue weighted by atomic mass is 9.98. The number of phenols is 1. The summed E-state index contributed by atoms with van der Waals surface area (Å²) in [5, 5.41) is 28.9. The van der Waals surface area contributed by atoms with Gasteiger partial charge in [-0.25, -0.2) is 9.18 Å². The zero-order chi connectivity index (χ0) is 14.9. The average Bonchev–Trinajstić information content (AvgIpc) is 2.41. The van der Waals surface area contributed by atoms with Gasteiger partial charge in [-0.2, -0.15) is 0 Å². The Labute approximate surface area is 111 Å². The molecule has 0 aliphatic heterocycles. The first-order valence-electron chi connectivity index (χ1n) is 5.41. The minimum Gasteiger partial charge on any atom is -0.505 e. The zero-order valence-corrected chi connectivity index (χ0v) is 9.91. The number of aromatic carboxylic acids is 1. The van der Waals surface area contributed by atoms with Gasteiger partial charge in [-0.3, -0.25) is 10.1 Å². The van der Waals surface area contributed by atoms with Crippen LogP contribution in [-0.2, 0) is 0 Å². The Kier molecular flexibility index (Phi) is 3.34. The van der Waals surface area contributed by atoms with Gasteiger partial charge in [0.2, 0.25) is 0 Å². The highest BCUT2D eigenvalue weighted by Crippen LogP contribution is 2.30. The van der Waals surface area contributed by atoms with Crippen LogP contribution < -0.4 is 0 Å². The number of nitrogens with zero attached hydrogens (tertiary/aromatic N) is 1. The van der Waals surface area contributed by atoms with Crippen molar-refractivity contribution in [3.05, 3.63) is 57.9 Å². The summed E-state index contributed by atoms with van der Waals surface area (Å²) in [7, 11) is 0. The van der Waals surface area contributed by atoms with E-state index in [4.69, 9.17) is 10.2 Å². The first-order valence-corrected chi connectivity index (χ1v) is 5.41. The third kappa shape index (κ3) is 2.41. The summed E-state index contributed by atoms with van der Waals surface area (Å²) in [6.07, 6.45) is 0. The molecular weight excluding hydrogens is 269 g/mol. The molecule has 0 saturated carbocycles. The van der Waals surface area contributed by atoms with Gasteiger partial charge in [0.1, 0.15) is 0 Å². The number of aromatic hydroxyl groups is 1. The summed E-state index contributed by atoms with van der Waals surface area (Å²) in [5.41, 5.74) is -0.369. The Hall–Kier alpha value is -2.96. The highest BCUT2D eigenvalue weighted by Gasteiger charge is 2.17. The number of carboxylic acids is 1. The standard InChI is InChI=1S/C13H8FNO5/c14-11-5-7(1-4-12(11)16)10-6-8(15(19)20)2-3-9(10)13(17)18/h1-6,16H,(H,17,18). The first-order chi connectivity index (χ1) is 9.40. The molecule has 0 unspecified atom stereocenters. The van der Waals surface area contributed by atoms with Crippen molar-refractivity contribution in [3.63, 3.8) is 0 Å². The van der Waals surface area contributed by atoms with Gasteiger partial charge in [-0.1, -0.05) is 6.07 Å². The van der Waals surface area contributed by atoms with E-state index in [1.54, 1.807) is 0 Å². The molecule has 0 radical (unpaired) electrons. The molecule has 0 spiro atoms. The second-order valence-electron chi connectivity index (χ2n) is 3.96. The maximum atomic E-state index is 13.3. The third-order valence-electron chi connectivity index (χ3n) is 2.70. The van der Waals surface area contributed by atoms with E-state index >= 15 is 0 Å². The number of non-ortho nitro benzene ring substituents is 1. The molecule has 7 heteroatoms. The Morgan fingerprint density at radius 3 is 2.45 bits per heavy atom. The number of nitro benzene ring substituents is 1. The normalized spacial score (nSPS) is 10.2. The summed E-state index contributed by atoms with van der Waals surface area (Å²) < 4.78 is 13.3. The number of carbonyl (C=O) groups is 1. The number of hydrogen-bond donors (Lipinski definition) is 2. The van der Waals surface area contributed by atoms with Gasteiger partial charge >= 0.3 is 5.97 Å². The SMILES string of the molecule is O=C(O)c1ccc([N+](=O)[O-])cc1-c1ccc(O)c(F)c1. The van der Waals surface area contributed by atoms with Crippen molar-refractivity contribution in [2.75, 3.05) is 0 Å². The smallest absolute Gasteiger partial charge is 0.336 e. The summed E-state index contributed by atoms with van der Waals surface area (Å²) in [6, 6.07) is 6.44. The van der Waals surface area contributed by atoms with E-state index in [9.17, 15) is 19.3 Å². The van der Waals surface area contributed by atoms with Crippen LogP contribution in [-0.4, -0.2) is 21.1 Å². The Morgan fingerprint density at radius 2 is 1.90 bits per heavy atom. The number of phenolic OH excluding ortho intramolecular Hbond substituents is 1. The lowest BCUT2D eigenvalue weighted by molar-refractivity contribution is -0.384. The number of benzene rings is 2. The van der Waals surface area contributed by atoms with Crippen LogP contribution in [0.2, 0.25) is 0 Å². The lowest BCUT2D eigenvalue weighted by Gasteiger charge is -2.07. The highest BCUT2D eigenvalue weighted by molar-refractivity contribution is 5.96. The predicted octanol–water partition coefficient (Wildman–Crippen LogP) is 2.80. The van der Waals surface area contributed by atoms with Crippen molar-refractivity contribution < 1.29 is 24.3 Å². The molecule has 20 heavy (non-hydrogen) atoms. The molecule has 0 fully saturated rings. The molecule has 2 N–H and O–H groups in total. The van der Waals surface area contributed by atoms with Crippen LogP contribution in [0.1, 0.15) is 10.4 Å². The van der Waals surface area contributed by atoms with Crippen LogP contribution in [0.4, 0.5) is 10.1 Å². The molecule has 0 bridgehead atoms. The van der Waals surface area contributed by atoms with Gasteiger partial charge in [0.05, 0.1) is 10.5 Å². The number of rotatable bonds is 3. The number of nitro groups is 1. The Balaban J connectivity index is 2.68. The maximum Gasteiger partial charge on any atom is 0.336 e. The fourth-order valence-corrected chi connectivity index (χ4v) is 1.75. The molecular formula is C13H8FNO5. The van der Waals surface area contributed by atoms with Gasteiger partial charge in [0, 0.05) is 17.7 Å². The van der Waals surface area contributed by atoms with Gasteiger partial charge in [0.25, 0.3) is 5.69 Å². The van der Waals surface area contributed by atoms with E-state index in [-0.39, 0.29) is 22.4 Å². The topological polar surface area (TPSA) is 101 Å². The molecule has 2 aromatic rings. The second kappa shape index (κ2) is 4.96. The van der Waals surface area contributed by atoms with Crippen molar-refractivity contribution in [1.82, 2.24) is 0 Å². The van der Waals surface area contributed by atoms with Gasteiger partial charge in [0.15, 0.2) is 11.6 Å². The van der Waals surface area contributed by atoms with Crippen LogP contribution in [0.15, 0.2) is 36.4 Å². The highest BCUT2D eigenvalue weighted by atomic mass is 19.1. The molecule has 2 rings (SSSR count). The third-order valence-corrected chi connectivity index (χ3v) is 2.70. The second-order valence-corrected chi connectivity index (χ2v) is 3.96. The number of halogens is 1. The van der Waals surface area contributed by atoms with E-state index in [1.165, 1.54) is 6.07 Å². The largest absolute Gasteiger partial charge is 0.505 e. The summed E-state index contributed by atoms with van der Waals surface area (Å²) in [5.74, 6) is -2.82. The fourth-order valence-electron chi connectivity index (χ4n) is 1.75. The van der Waals surface area contributed by atoms with Crippen LogP contribution in [0.25, 0.3) is 11.1 Å². The van der Waals surface area contributed by atoms with Gasteiger partial charge < -0.3 is 10.2 Å². The summed E-state index contributed by atoms with van der Waals surface area (Å²) in [4.78, 5) is 21.2. The summed E-state index contributed by atoms with van der Waals surface area (Å²) in [6.45, 7) is 0. The Morgan fingerprint density at radius 1 is 1.20 bits per heavy atom. The van der Waals surface area contributed by atoms with Crippen molar-refractivity contribution in [1.29, 1.82) is 0 Å². The average molecular weight is 277 g/mol. The Bertz CT molecular complexity index is 714. The molecule has 2 aromatic carbocycles.